The number of anilines is 1. The second-order valence-corrected chi connectivity index (χ2v) is 6.57. The molecule has 4 N–H and O–H groups in total. The number of carbonyl (C=O) groups is 1. The van der Waals surface area contributed by atoms with Crippen LogP contribution in [0.15, 0.2) is 43.9 Å². The molecule has 0 saturated carbocycles. The summed E-state index contributed by atoms with van der Waals surface area (Å²) in [4.78, 5) is 11.8. The number of carbonyl (C=O) groups excluding carboxylic acids is 1. The first kappa shape index (κ1) is 18.2. The van der Waals surface area contributed by atoms with Gasteiger partial charge in [0.15, 0.2) is 0 Å². The molecular weight excluding hydrogens is 402 g/mol. The Labute approximate surface area is 158 Å². The summed E-state index contributed by atoms with van der Waals surface area (Å²) >= 11 is 3.46. The zero-order valence-corrected chi connectivity index (χ0v) is 15.7. The Balaban J connectivity index is 1.45. The van der Waals surface area contributed by atoms with Crippen LogP contribution in [0.1, 0.15) is 21.8 Å². The SMILES string of the molecule is Cc1cc(Br)ccc1-c1ccc(CNCCNC(=O)c2nonc2N)o1. The average Bonchev–Trinajstić information content (AvgIpc) is 3.23. The fraction of sp³-hybridized carbons (Fsp3) is 0.235. The van der Waals surface area contributed by atoms with Crippen molar-refractivity contribution in [3.63, 3.8) is 0 Å². The third-order valence-electron chi connectivity index (χ3n) is 3.73. The van der Waals surface area contributed by atoms with E-state index in [4.69, 9.17) is 10.2 Å². The quantitative estimate of drug-likeness (QED) is 0.503. The summed E-state index contributed by atoms with van der Waals surface area (Å²) in [5.74, 6) is 1.20. The summed E-state index contributed by atoms with van der Waals surface area (Å²) in [5.41, 5.74) is 7.65. The molecule has 0 aliphatic carbocycles. The predicted molar refractivity (Wildman–Crippen MR) is 99.3 cm³/mol. The Morgan fingerprint density at radius 3 is 2.81 bits per heavy atom. The van der Waals surface area contributed by atoms with E-state index in [1.165, 1.54) is 0 Å². The third kappa shape index (κ3) is 4.30. The zero-order valence-electron chi connectivity index (χ0n) is 14.1. The van der Waals surface area contributed by atoms with Gasteiger partial charge in [-0.2, -0.15) is 0 Å². The summed E-state index contributed by atoms with van der Waals surface area (Å²) < 4.78 is 11.3. The highest BCUT2D eigenvalue weighted by Gasteiger charge is 2.15. The van der Waals surface area contributed by atoms with Crippen LogP contribution in [0, 0.1) is 6.92 Å². The number of halogens is 1. The molecule has 1 aromatic carbocycles. The molecule has 0 saturated heterocycles. The molecule has 0 aliphatic heterocycles. The van der Waals surface area contributed by atoms with Crippen LogP contribution in [0.3, 0.4) is 0 Å². The molecule has 2 aromatic heterocycles. The lowest BCUT2D eigenvalue weighted by atomic mass is 10.1. The van der Waals surface area contributed by atoms with Crippen molar-refractivity contribution < 1.29 is 13.8 Å². The number of aromatic nitrogens is 2. The standard InChI is InChI=1S/C17H18BrN5O3/c1-10-8-11(18)2-4-13(10)14-5-3-12(25-14)9-20-6-7-21-17(24)15-16(19)23-26-22-15/h2-5,8,20H,6-7,9H2,1H3,(H2,19,23)(H,21,24). The molecule has 3 aromatic rings. The number of nitrogens with two attached hydrogens (primary N) is 1. The minimum absolute atomic E-state index is 0.00876. The van der Waals surface area contributed by atoms with E-state index in [0.717, 1.165) is 27.1 Å². The van der Waals surface area contributed by atoms with Gasteiger partial charge in [0.25, 0.3) is 5.91 Å². The van der Waals surface area contributed by atoms with E-state index >= 15 is 0 Å². The van der Waals surface area contributed by atoms with Crippen molar-refractivity contribution in [2.24, 2.45) is 0 Å². The van der Waals surface area contributed by atoms with Gasteiger partial charge in [-0.3, -0.25) is 4.79 Å². The summed E-state index contributed by atoms with van der Waals surface area (Å²) in [6.45, 7) is 3.56. The van der Waals surface area contributed by atoms with Gasteiger partial charge in [0.05, 0.1) is 6.54 Å². The van der Waals surface area contributed by atoms with Crippen LogP contribution < -0.4 is 16.4 Å². The minimum Gasteiger partial charge on any atom is -0.460 e. The Morgan fingerprint density at radius 1 is 1.23 bits per heavy atom. The Kier molecular flexibility index (Phi) is 5.69. The fourth-order valence-electron chi connectivity index (χ4n) is 2.43. The molecular formula is C17H18BrN5O3. The highest BCUT2D eigenvalue weighted by atomic mass is 79.9. The largest absolute Gasteiger partial charge is 0.460 e. The summed E-state index contributed by atoms with van der Waals surface area (Å²) in [6, 6.07) is 9.95. The maximum absolute atomic E-state index is 11.8. The van der Waals surface area contributed by atoms with Crippen molar-refractivity contribution in [1.29, 1.82) is 0 Å². The molecule has 2 heterocycles. The van der Waals surface area contributed by atoms with E-state index in [1.54, 1.807) is 0 Å². The maximum Gasteiger partial charge on any atom is 0.277 e. The lowest BCUT2D eigenvalue weighted by Crippen LogP contribution is -2.32. The van der Waals surface area contributed by atoms with Crippen molar-refractivity contribution >= 4 is 27.7 Å². The van der Waals surface area contributed by atoms with Gasteiger partial charge in [0.1, 0.15) is 11.5 Å². The summed E-state index contributed by atoms with van der Waals surface area (Å²) in [6.07, 6.45) is 0. The number of furan rings is 1. The number of aryl methyl sites for hydroxylation is 1. The number of rotatable bonds is 7. The van der Waals surface area contributed by atoms with Crippen LogP contribution in [-0.4, -0.2) is 29.3 Å². The average molecular weight is 420 g/mol. The van der Waals surface area contributed by atoms with Gasteiger partial charge < -0.3 is 20.8 Å². The van der Waals surface area contributed by atoms with E-state index in [9.17, 15) is 4.79 Å². The first-order chi connectivity index (χ1) is 12.5. The van der Waals surface area contributed by atoms with Crippen molar-refractivity contribution in [1.82, 2.24) is 20.9 Å². The van der Waals surface area contributed by atoms with Crippen molar-refractivity contribution in [2.45, 2.75) is 13.5 Å². The topological polar surface area (TPSA) is 119 Å². The Bertz CT molecular complexity index is 905. The van der Waals surface area contributed by atoms with Crippen LogP contribution >= 0.6 is 15.9 Å². The second-order valence-electron chi connectivity index (χ2n) is 5.66. The van der Waals surface area contributed by atoms with Gasteiger partial charge in [0, 0.05) is 23.1 Å². The van der Waals surface area contributed by atoms with E-state index in [0.29, 0.717) is 19.6 Å². The minimum atomic E-state index is -0.420. The number of hydrogen-bond donors (Lipinski definition) is 3. The van der Waals surface area contributed by atoms with Crippen LogP contribution in [0.2, 0.25) is 0 Å². The molecule has 0 atom stereocenters. The monoisotopic (exact) mass is 419 g/mol. The number of hydrogen-bond acceptors (Lipinski definition) is 7. The summed E-state index contributed by atoms with van der Waals surface area (Å²) in [5, 5.41) is 12.7. The van der Waals surface area contributed by atoms with Gasteiger partial charge in [-0.25, -0.2) is 4.63 Å². The second kappa shape index (κ2) is 8.15. The van der Waals surface area contributed by atoms with Crippen molar-refractivity contribution in [3.05, 3.63) is 51.8 Å². The van der Waals surface area contributed by atoms with E-state index in [2.05, 4.69) is 47.6 Å². The molecule has 26 heavy (non-hydrogen) atoms. The molecule has 8 nitrogen and oxygen atoms in total. The first-order valence-corrected chi connectivity index (χ1v) is 8.76. The highest BCUT2D eigenvalue weighted by molar-refractivity contribution is 9.10. The number of nitrogens with zero attached hydrogens (tertiary/aromatic N) is 2. The Morgan fingerprint density at radius 2 is 2.08 bits per heavy atom. The molecule has 0 spiro atoms. The van der Waals surface area contributed by atoms with Crippen LogP contribution in [-0.2, 0) is 6.54 Å². The molecule has 136 valence electrons. The molecule has 9 heteroatoms. The molecule has 0 bridgehead atoms. The molecule has 0 radical (unpaired) electrons. The molecule has 0 fully saturated rings. The number of nitrogens with one attached hydrogen (secondary N) is 2. The number of benzene rings is 1. The zero-order chi connectivity index (χ0) is 18.5. The smallest absolute Gasteiger partial charge is 0.277 e. The number of amides is 1. The van der Waals surface area contributed by atoms with Gasteiger partial charge in [-0.1, -0.05) is 15.9 Å². The van der Waals surface area contributed by atoms with Crippen molar-refractivity contribution in [2.75, 3.05) is 18.8 Å². The number of nitrogen functional groups attached to an aromatic ring is 1. The van der Waals surface area contributed by atoms with Crippen LogP contribution in [0.4, 0.5) is 5.82 Å². The predicted octanol–water partition coefficient (Wildman–Crippen LogP) is 2.50. The summed E-state index contributed by atoms with van der Waals surface area (Å²) in [7, 11) is 0. The normalized spacial score (nSPS) is 10.8. The molecule has 0 aliphatic rings. The molecule has 0 unspecified atom stereocenters. The first-order valence-electron chi connectivity index (χ1n) is 7.97. The van der Waals surface area contributed by atoms with Gasteiger partial charge in [-0.15, -0.1) is 0 Å². The van der Waals surface area contributed by atoms with Gasteiger partial charge in [-0.05, 0) is 53.1 Å². The lowest BCUT2D eigenvalue weighted by molar-refractivity contribution is 0.0944. The van der Waals surface area contributed by atoms with E-state index < -0.39 is 5.91 Å². The van der Waals surface area contributed by atoms with Gasteiger partial charge in [0.2, 0.25) is 11.5 Å². The van der Waals surface area contributed by atoms with Crippen LogP contribution in [0.5, 0.6) is 0 Å². The fourth-order valence-corrected chi connectivity index (χ4v) is 2.91. The molecule has 3 rings (SSSR count). The van der Waals surface area contributed by atoms with Crippen molar-refractivity contribution in [3.8, 4) is 11.3 Å². The maximum atomic E-state index is 11.8. The molecule has 1 amide bonds. The van der Waals surface area contributed by atoms with Gasteiger partial charge >= 0.3 is 0 Å². The third-order valence-corrected chi connectivity index (χ3v) is 4.22. The van der Waals surface area contributed by atoms with E-state index in [-0.39, 0.29) is 11.5 Å². The Hall–Kier alpha value is -2.65. The van der Waals surface area contributed by atoms with E-state index in [1.807, 2.05) is 31.2 Å². The lowest BCUT2D eigenvalue weighted by Gasteiger charge is -2.05. The van der Waals surface area contributed by atoms with Crippen LogP contribution in [0.25, 0.3) is 11.3 Å². The highest BCUT2D eigenvalue weighted by Crippen LogP contribution is 2.27.